The quantitative estimate of drug-likeness (QED) is 0.229. The fourth-order valence-electron chi connectivity index (χ4n) is 4.77. The van der Waals surface area contributed by atoms with E-state index in [1.165, 1.54) is 37.5 Å². The number of benzene rings is 2. The van der Waals surface area contributed by atoms with Crippen molar-refractivity contribution in [3.63, 3.8) is 0 Å². The molecule has 5 rings (SSSR count). The molecule has 3 N–H and O–H groups in total. The highest BCUT2D eigenvalue weighted by Crippen LogP contribution is 2.45. The number of hydrogen-bond acceptors (Lipinski definition) is 7. The third-order valence-electron chi connectivity index (χ3n) is 6.83. The lowest BCUT2D eigenvalue weighted by Crippen LogP contribution is -2.13. The molecule has 0 saturated heterocycles. The Morgan fingerprint density at radius 1 is 1.17 bits per heavy atom. The normalized spacial score (nSPS) is 10.9. The van der Waals surface area contributed by atoms with E-state index in [9.17, 15) is 10.1 Å². The maximum Gasteiger partial charge on any atom is 0.322 e. The first-order valence-corrected chi connectivity index (χ1v) is 12.7. The summed E-state index contributed by atoms with van der Waals surface area (Å²) < 4.78 is 38.4. The van der Waals surface area contributed by atoms with Crippen molar-refractivity contribution in [1.29, 1.82) is 5.26 Å². The lowest BCUT2D eigenvalue weighted by molar-refractivity contribution is -0.112. The van der Waals surface area contributed by atoms with Gasteiger partial charge in [-0.1, -0.05) is 18.7 Å². The van der Waals surface area contributed by atoms with Crippen molar-refractivity contribution in [3.05, 3.63) is 89.4 Å². The van der Waals surface area contributed by atoms with Crippen molar-refractivity contribution in [2.24, 2.45) is 7.05 Å². The van der Waals surface area contributed by atoms with Crippen molar-refractivity contribution in [2.45, 2.75) is 20.8 Å². The molecular weight excluding hydrogens is 540 g/mol. The highest BCUT2D eigenvalue weighted by molar-refractivity contribution is 6.11. The van der Waals surface area contributed by atoms with E-state index in [1.54, 1.807) is 43.7 Å². The molecule has 0 aliphatic heterocycles. The number of nitrogens with two attached hydrogens (primary N) is 1. The van der Waals surface area contributed by atoms with E-state index in [0.29, 0.717) is 39.0 Å². The highest BCUT2D eigenvalue weighted by Gasteiger charge is 2.26. The molecule has 2 aromatic carbocycles. The minimum absolute atomic E-state index is 0.00969. The average Bonchev–Trinajstić information content (AvgIpc) is 3.26. The molecule has 0 unspecified atom stereocenters. The molecule has 3 aromatic heterocycles. The van der Waals surface area contributed by atoms with Gasteiger partial charge in [0.2, 0.25) is 0 Å². The van der Waals surface area contributed by atoms with Crippen molar-refractivity contribution in [2.75, 3.05) is 11.1 Å². The first-order chi connectivity index (χ1) is 20.0. The van der Waals surface area contributed by atoms with Crippen LogP contribution in [0.25, 0.3) is 33.3 Å². The smallest absolute Gasteiger partial charge is 0.322 e. The number of halogens is 2. The standard InChI is InChI=1S/C31H25F2N7O2/c1-15(2)30(41)39-22-8-7-20(17(4)26(22)33)28-24(25-27(40(28)5)19(13-34)14-37-29(25)35)18-6-9-23(21(32)12-18)42-31-36-11-10-16(3)38-31/h6-12,14H,1H2,2-5H3,(H2,35,37)(H,39,41). The zero-order chi connectivity index (χ0) is 30.3. The molecule has 0 fully saturated rings. The first-order valence-electron chi connectivity index (χ1n) is 12.7. The molecule has 3 heterocycles. The number of nitrogens with one attached hydrogen (secondary N) is 1. The largest absolute Gasteiger partial charge is 0.421 e. The second-order valence-corrected chi connectivity index (χ2v) is 9.74. The van der Waals surface area contributed by atoms with Gasteiger partial charge in [-0.25, -0.2) is 23.7 Å². The van der Waals surface area contributed by atoms with Gasteiger partial charge in [-0.15, -0.1) is 0 Å². The molecule has 210 valence electrons. The third kappa shape index (κ3) is 4.79. The first kappa shape index (κ1) is 27.9. The number of anilines is 2. The Balaban J connectivity index is 1.74. The zero-order valence-electron chi connectivity index (χ0n) is 23.2. The Bertz CT molecular complexity index is 1980. The summed E-state index contributed by atoms with van der Waals surface area (Å²) in [6.07, 6.45) is 2.86. The van der Waals surface area contributed by atoms with Gasteiger partial charge in [0.1, 0.15) is 17.7 Å². The van der Waals surface area contributed by atoms with Crippen molar-refractivity contribution >= 4 is 28.3 Å². The molecule has 42 heavy (non-hydrogen) atoms. The van der Waals surface area contributed by atoms with Gasteiger partial charge in [-0.2, -0.15) is 5.26 Å². The predicted octanol–water partition coefficient (Wildman–Crippen LogP) is 6.35. The number of nitriles is 1. The van der Waals surface area contributed by atoms with E-state index in [2.05, 4.69) is 32.9 Å². The Kier molecular flexibility index (Phi) is 7.14. The molecule has 0 saturated carbocycles. The van der Waals surface area contributed by atoms with Crippen molar-refractivity contribution in [1.82, 2.24) is 19.5 Å². The van der Waals surface area contributed by atoms with Crippen LogP contribution in [0.3, 0.4) is 0 Å². The zero-order valence-corrected chi connectivity index (χ0v) is 23.2. The van der Waals surface area contributed by atoms with Crippen LogP contribution in [0.15, 0.2) is 60.9 Å². The fraction of sp³-hybridized carbons (Fsp3) is 0.129. The third-order valence-corrected chi connectivity index (χ3v) is 6.83. The second kappa shape index (κ2) is 10.7. The summed E-state index contributed by atoms with van der Waals surface area (Å²) in [6, 6.07) is 11.2. The van der Waals surface area contributed by atoms with Crippen LogP contribution in [0, 0.1) is 36.8 Å². The Morgan fingerprint density at radius 2 is 1.93 bits per heavy atom. The van der Waals surface area contributed by atoms with Crippen LogP contribution in [0.4, 0.5) is 20.3 Å². The number of aryl methyl sites for hydroxylation is 2. The number of pyridine rings is 1. The number of rotatable bonds is 6. The lowest BCUT2D eigenvalue weighted by Gasteiger charge is -2.15. The van der Waals surface area contributed by atoms with Gasteiger partial charge in [0, 0.05) is 41.8 Å². The van der Waals surface area contributed by atoms with Gasteiger partial charge in [-0.3, -0.25) is 4.79 Å². The second-order valence-electron chi connectivity index (χ2n) is 9.74. The van der Waals surface area contributed by atoms with Gasteiger partial charge >= 0.3 is 6.01 Å². The summed E-state index contributed by atoms with van der Waals surface area (Å²) >= 11 is 0. The summed E-state index contributed by atoms with van der Waals surface area (Å²) in [5.41, 5.74) is 9.81. The summed E-state index contributed by atoms with van der Waals surface area (Å²) in [5, 5.41) is 12.8. The number of aromatic nitrogens is 4. The molecule has 0 bridgehead atoms. The molecule has 0 aliphatic carbocycles. The number of amides is 1. The monoisotopic (exact) mass is 565 g/mol. The number of hydrogen-bond donors (Lipinski definition) is 2. The van der Waals surface area contributed by atoms with Crippen molar-refractivity contribution in [3.8, 4) is 40.2 Å². The number of nitrogen functional groups attached to an aromatic ring is 1. The molecule has 11 heteroatoms. The van der Waals surface area contributed by atoms with E-state index >= 15 is 8.78 Å². The number of ether oxygens (including phenoxy) is 1. The molecule has 0 radical (unpaired) electrons. The summed E-state index contributed by atoms with van der Waals surface area (Å²) in [5.74, 6) is -1.87. The summed E-state index contributed by atoms with van der Waals surface area (Å²) in [7, 11) is 1.71. The molecule has 1 amide bonds. The minimum atomic E-state index is -0.704. The number of carbonyl (C=O) groups is 1. The fourth-order valence-corrected chi connectivity index (χ4v) is 4.77. The van der Waals surface area contributed by atoms with Gasteiger partial charge in [0.05, 0.1) is 27.8 Å². The maximum absolute atomic E-state index is 15.6. The molecule has 0 atom stereocenters. The van der Waals surface area contributed by atoms with Crippen molar-refractivity contribution < 1.29 is 18.3 Å². The molecular formula is C31H25F2N7O2. The number of nitrogens with zero attached hydrogens (tertiary/aromatic N) is 5. The van der Waals surface area contributed by atoms with E-state index in [4.69, 9.17) is 10.5 Å². The number of carbonyl (C=O) groups excluding carboxylic acids is 1. The lowest BCUT2D eigenvalue weighted by atomic mass is 9.95. The summed E-state index contributed by atoms with van der Waals surface area (Å²) in [6.45, 7) is 8.43. The van der Waals surface area contributed by atoms with Crippen LogP contribution in [0.1, 0.15) is 23.7 Å². The van der Waals surface area contributed by atoms with Gasteiger partial charge < -0.3 is 20.4 Å². The topological polar surface area (TPSA) is 132 Å². The molecule has 0 aliphatic rings. The molecule has 9 nitrogen and oxygen atoms in total. The van der Waals surface area contributed by atoms with Gasteiger partial charge in [0.15, 0.2) is 11.6 Å². The Morgan fingerprint density at radius 3 is 2.60 bits per heavy atom. The van der Waals surface area contributed by atoms with Crippen LogP contribution in [-0.4, -0.2) is 25.4 Å². The Labute approximate surface area is 239 Å². The van der Waals surface area contributed by atoms with Gasteiger partial charge in [0.25, 0.3) is 5.91 Å². The SMILES string of the molecule is C=C(C)C(=O)Nc1ccc(-c2c(-c3ccc(Oc4nccc(C)n4)c(F)c3)c3c(N)ncc(C#N)c3n2C)c(C)c1F. The van der Waals surface area contributed by atoms with E-state index in [-0.39, 0.29) is 40.0 Å². The summed E-state index contributed by atoms with van der Waals surface area (Å²) in [4.78, 5) is 24.5. The van der Waals surface area contributed by atoms with E-state index in [1.807, 2.05) is 0 Å². The highest BCUT2D eigenvalue weighted by atomic mass is 19.1. The van der Waals surface area contributed by atoms with E-state index < -0.39 is 17.5 Å². The predicted molar refractivity (Wildman–Crippen MR) is 156 cm³/mol. The Hall–Kier alpha value is -5.63. The van der Waals surface area contributed by atoms with Crippen LogP contribution >= 0.6 is 0 Å². The van der Waals surface area contributed by atoms with Crippen LogP contribution in [-0.2, 0) is 11.8 Å². The van der Waals surface area contributed by atoms with Crippen LogP contribution in [0.2, 0.25) is 0 Å². The van der Waals surface area contributed by atoms with E-state index in [0.717, 1.165) is 0 Å². The van der Waals surface area contributed by atoms with Crippen LogP contribution < -0.4 is 15.8 Å². The number of fused-ring (bicyclic) bond motifs is 1. The molecule has 5 aromatic rings. The average molecular weight is 566 g/mol. The maximum atomic E-state index is 15.6. The molecule has 0 spiro atoms. The van der Waals surface area contributed by atoms with Crippen LogP contribution in [0.5, 0.6) is 11.8 Å². The minimum Gasteiger partial charge on any atom is -0.421 e. The van der Waals surface area contributed by atoms with Gasteiger partial charge in [-0.05, 0) is 56.2 Å².